The van der Waals surface area contributed by atoms with E-state index in [4.69, 9.17) is 9.05 Å². The van der Waals surface area contributed by atoms with E-state index < -0.39 is 7.60 Å². The average Bonchev–Trinajstić information content (AvgIpc) is 2.86. The molecule has 108 valence electrons. The zero-order valence-corrected chi connectivity index (χ0v) is 13.0. The Labute approximate surface area is 116 Å². The number of hydrogen-bond acceptors (Lipinski definition) is 7. The van der Waals surface area contributed by atoms with E-state index in [2.05, 4.69) is 9.72 Å². The molecule has 0 spiro atoms. The first kappa shape index (κ1) is 16.3. The van der Waals surface area contributed by atoms with Gasteiger partial charge in [-0.25, -0.2) is 4.98 Å². The van der Waals surface area contributed by atoms with Crippen molar-refractivity contribution in [3.05, 3.63) is 11.2 Å². The third kappa shape index (κ3) is 4.69. The summed E-state index contributed by atoms with van der Waals surface area (Å²) < 4.78 is 27.9. The van der Waals surface area contributed by atoms with Crippen molar-refractivity contribution in [3.8, 4) is 0 Å². The number of carbonyl (C=O) groups excluding carboxylic acids is 1. The Hall–Kier alpha value is -0.750. The van der Waals surface area contributed by atoms with Crippen molar-refractivity contribution in [1.82, 2.24) is 4.98 Å². The molecule has 1 aromatic heterocycles. The van der Waals surface area contributed by atoms with Gasteiger partial charge >= 0.3 is 13.6 Å². The highest BCUT2D eigenvalue weighted by Crippen LogP contribution is 2.48. The van der Waals surface area contributed by atoms with E-state index in [0.717, 1.165) is 0 Å². The molecule has 0 aromatic carbocycles. The zero-order chi connectivity index (χ0) is 14.3. The number of aromatic nitrogens is 1. The van der Waals surface area contributed by atoms with Crippen LogP contribution in [0.1, 0.15) is 25.3 Å². The summed E-state index contributed by atoms with van der Waals surface area (Å²) in [6.45, 7) is 4.11. The van der Waals surface area contributed by atoms with Crippen LogP contribution in [-0.4, -0.2) is 31.3 Å². The average molecular weight is 307 g/mol. The van der Waals surface area contributed by atoms with Gasteiger partial charge in [0.1, 0.15) is 4.62 Å². The van der Waals surface area contributed by atoms with E-state index in [9.17, 15) is 9.36 Å². The van der Waals surface area contributed by atoms with Crippen LogP contribution in [0.2, 0.25) is 0 Å². The van der Waals surface area contributed by atoms with Crippen molar-refractivity contribution in [3.63, 3.8) is 0 Å². The Bertz CT molecular complexity index is 452. The molecule has 0 unspecified atom stereocenters. The summed E-state index contributed by atoms with van der Waals surface area (Å²) in [7, 11) is -1.92. The monoisotopic (exact) mass is 307 g/mol. The molecule has 0 saturated heterocycles. The summed E-state index contributed by atoms with van der Waals surface area (Å²) >= 11 is 1.24. The number of ether oxygens (including phenoxy) is 1. The summed E-state index contributed by atoms with van der Waals surface area (Å²) in [4.78, 5) is 15.2. The summed E-state index contributed by atoms with van der Waals surface area (Å²) in [6.07, 6.45) is 2.19. The number of hydrogen-bond donors (Lipinski definition) is 0. The minimum Gasteiger partial charge on any atom is -0.469 e. The summed E-state index contributed by atoms with van der Waals surface area (Å²) in [5, 5.41) is 0.708. The molecule has 0 saturated carbocycles. The maximum atomic E-state index is 12.5. The molecule has 6 nitrogen and oxygen atoms in total. The van der Waals surface area contributed by atoms with Crippen molar-refractivity contribution >= 4 is 29.5 Å². The Morgan fingerprint density at radius 1 is 1.37 bits per heavy atom. The molecule has 0 aliphatic heterocycles. The third-order valence-electron chi connectivity index (χ3n) is 2.18. The van der Waals surface area contributed by atoms with Crippen molar-refractivity contribution in [1.29, 1.82) is 0 Å². The molecule has 0 aliphatic rings. The second-order valence-electron chi connectivity index (χ2n) is 3.50. The first-order valence-corrected chi connectivity index (χ1v) is 8.32. The standard InChI is InChI=1S/C11H18NO5PS/c1-4-16-18(14,17-5-2)11-8-12-9(19-11)6-7-10(13)15-3/h8H,4-7H2,1-3H3. The Morgan fingerprint density at radius 3 is 2.53 bits per heavy atom. The van der Waals surface area contributed by atoms with Gasteiger partial charge in [0, 0.05) is 6.42 Å². The first-order valence-electron chi connectivity index (χ1n) is 5.97. The molecule has 1 rings (SSSR count). The lowest BCUT2D eigenvalue weighted by Gasteiger charge is -2.14. The normalized spacial score (nSPS) is 11.5. The molecule has 0 radical (unpaired) electrons. The number of aryl methyl sites for hydroxylation is 1. The molecular weight excluding hydrogens is 289 g/mol. The Balaban J connectivity index is 2.76. The second kappa shape index (κ2) is 7.75. The van der Waals surface area contributed by atoms with Crippen LogP contribution in [0.4, 0.5) is 0 Å². The van der Waals surface area contributed by atoms with Gasteiger partial charge < -0.3 is 13.8 Å². The molecule has 0 N–H and O–H groups in total. The van der Waals surface area contributed by atoms with E-state index in [1.54, 1.807) is 13.8 Å². The highest BCUT2D eigenvalue weighted by atomic mass is 32.1. The summed E-state index contributed by atoms with van der Waals surface area (Å²) in [5.41, 5.74) is 0. The predicted octanol–water partition coefficient (Wildman–Crippen LogP) is 2.14. The van der Waals surface area contributed by atoms with Crippen LogP contribution in [0, 0.1) is 0 Å². The SMILES string of the molecule is CCOP(=O)(OCC)c1cnc(CCC(=O)OC)s1. The number of thiazole rings is 1. The van der Waals surface area contributed by atoms with Gasteiger partial charge in [-0.2, -0.15) is 0 Å². The maximum Gasteiger partial charge on any atom is 0.372 e. The van der Waals surface area contributed by atoms with E-state index in [-0.39, 0.29) is 12.4 Å². The highest BCUT2D eigenvalue weighted by Gasteiger charge is 2.29. The lowest BCUT2D eigenvalue weighted by molar-refractivity contribution is -0.140. The zero-order valence-electron chi connectivity index (χ0n) is 11.2. The maximum absolute atomic E-state index is 12.5. The lowest BCUT2D eigenvalue weighted by Crippen LogP contribution is -2.06. The van der Waals surface area contributed by atoms with Crippen LogP contribution >= 0.6 is 18.9 Å². The lowest BCUT2D eigenvalue weighted by atomic mass is 10.3. The van der Waals surface area contributed by atoms with E-state index in [0.29, 0.717) is 29.3 Å². The minimum atomic E-state index is -3.27. The predicted molar refractivity (Wildman–Crippen MR) is 72.9 cm³/mol. The molecule has 0 fully saturated rings. The largest absolute Gasteiger partial charge is 0.469 e. The molecule has 0 atom stereocenters. The number of nitrogens with zero attached hydrogens (tertiary/aromatic N) is 1. The van der Waals surface area contributed by atoms with Crippen molar-refractivity contribution in [2.24, 2.45) is 0 Å². The van der Waals surface area contributed by atoms with Crippen LogP contribution in [0.3, 0.4) is 0 Å². The van der Waals surface area contributed by atoms with Gasteiger partial charge in [-0.1, -0.05) is 0 Å². The van der Waals surface area contributed by atoms with Gasteiger partial charge in [0.2, 0.25) is 0 Å². The minimum absolute atomic E-state index is 0.247. The highest BCUT2D eigenvalue weighted by molar-refractivity contribution is 7.68. The van der Waals surface area contributed by atoms with Crippen LogP contribution in [0.5, 0.6) is 0 Å². The number of methoxy groups -OCH3 is 1. The quantitative estimate of drug-likeness (QED) is 0.541. The van der Waals surface area contributed by atoms with Gasteiger partial charge in [-0.3, -0.25) is 9.36 Å². The van der Waals surface area contributed by atoms with Gasteiger partial charge in [-0.15, -0.1) is 11.3 Å². The molecule has 1 aromatic rings. The van der Waals surface area contributed by atoms with Gasteiger partial charge in [0.25, 0.3) is 0 Å². The van der Waals surface area contributed by atoms with Crippen LogP contribution < -0.4 is 4.62 Å². The molecule has 0 amide bonds. The van der Waals surface area contributed by atoms with E-state index in [1.807, 2.05) is 0 Å². The number of rotatable bonds is 8. The number of esters is 1. The first-order chi connectivity index (χ1) is 9.05. The number of carbonyl (C=O) groups is 1. The van der Waals surface area contributed by atoms with Gasteiger partial charge in [-0.05, 0) is 13.8 Å². The van der Waals surface area contributed by atoms with Crippen LogP contribution in [0.25, 0.3) is 0 Å². The van der Waals surface area contributed by atoms with Crippen molar-refractivity contribution in [2.75, 3.05) is 20.3 Å². The van der Waals surface area contributed by atoms with E-state index >= 15 is 0 Å². The summed E-state index contributed by atoms with van der Waals surface area (Å²) in [6, 6.07) is 0. The topological polar surface area (TPSA) is 74.7 Å². The molecule has 0 aliphatic carbocycles. The van der Waals surface area contributed by atoms with Crippen LogP contribution in [0.15, 0.2) is 6.20 Å². The molecule has 19 heavy (non-hydrogen) atoms. The van der Waals surface area contributed by atoms with Gasteiger partial charge in [0.05, 0.1) is 37.9 Å². The van der Waals surface area contributed by atoms with E-state index in [1.165, 1.54) is 24.6 Å². The molecular formula is C11H18NO5PS. The second-order valence-corrected chi connectivity index (χ2v) is 6.91. The fourth-order valence-corrected chi connectivity index (χ4v) is 4.30. The third-order valence-corrected chi connectivity index (χ3v) is 5.84. The smallest absolute Gasteiger partial charge is 0.372 e. The Morgan fingerprint density at radius 2 is 2.00 bits per heavy atom. The molecule has 0 bridgehead atoms. The molecule has 8 heteroatoms. The van der Waals surface area contributed by atoms with Crippen molar-refractivity contribution in [2.45, 2.75) is 26.7 Å². The Kier molecular flexibility index (Phi) is 6.65. The van der Waals surface area contributed by atoms with Gasteiger partial charge in [0.15, 0.2) is 0 Å². The van der Waals surface area contributed by atoms with Crippen LogP contribution in [-0.2, 0) is 29.6 Å². The van der Waals surface area contributed by atoms with Crippen molar-refractivity contribution < 1.29 is 23.1 Å². The molecule has 1 heterocycles. The summed E-state index contributed by atoms with van der Waals surface area (Å²) in [5.74, 6) is -0.297. The fraction of sp³-hybridized carbons (Fsp3) is 0.636. The fourth-order valence-electron chi connectivity index (χ4n) is 1.36.